The summed E-state index contributed by atoms with van der Waals surface area (Å²) in [6.45, 7) is 0. The summed E-state index contributed by atoms with van der Waals surface area (Å²) in [5.74, 6) is 0.323. The predicted molar refractivity (Wildman–Crippen MR) is 58.3 cm³/mol. The van der Waals surface area contributed by atoms with Gasteiger partial charge in [-0.3, -0.25) is 0 Å². The molecule has 0 aromatic carbocycles. The summed E-state index contributed by atoms with van der Waals surface area (Å²) in [5.41, 5.74) is 16.9. The molecule has 0 radical (unpaired) electrons. The fourth-order valence-electron chi connectivity index (χ4n) is 0.787. The highest BCUT2D eigenvalue weighted by molar-refractivity contribution is 5.62. The normalized spacial score (nSPS) is 8.86. The van der Waals surface area contributed by atoms with E-state index in [0.29, 0.717) is 17.2 Å². The van der Waals surface area contributed by atoms with Crippen molar-refractivity contribution in [2.45, 2.75) is 0 Å². The second-order valence-corrected chi connectivity index (χ2v) is 2.63. The van der Waals surface area contributed by atoms with Crippen molar-refractivity contribution >= 4 is 17.2 Å². The van der Waals surface area contributed by atoms with Gasteiger partial charge in [-0.05, 0) is 18.2 Å². The molecule has 0 aliphatic carbocycles. The standard InChI is InChI=1S/C5H8N4.C4H5N/c6-3-1-4(7)5(8)9-2-3;1-2-4-5-3-1/h1-2H,6-7H2,(H2,8,9);1-5H. The number of nitrogens with zero attached hydrogens (tertiary/aromatic N) is 1. The highest BCUT2D eigenvalue weighted by Crippen LogP contribution is 2.12. The lowest BCUT2D eigenvalue weighted by Crippen LogP contribution is -1.98. The summed E-state index contributed by atoms with van der Waals surface area (Å²) < 4.78 is 0. The lowest BCUT2D eigenvalue weighted by molar-refractivity contribution is 1.34. The van der Waals surface area contributed by atoms with Crippen LogP contribution in [-0.4, -0.2) is 9.97 Å². The molecule has 0 saturated heterocycles. The third-order valence-corrected chi connectivity index (χ3v) is 1.47. The molecule has 5 nitrogen and oxygen atoms in total. The molecule has 2 aromatic heterocycles. The van der Waals surface area contributed by atoms with Gasteiger partial charge in [-0.1, -0.05) is 0 Å². The number of rotatable bonds is 0. The Balaban J connectivity index is 0.000000165. The van der Waals surface area contributed by atoms with Gasteiger partial charge < -0.3 is 22.2 Å². The van der Waals surface area contributed by atoms with E-state index < -0.39 is 0 Å². The molecular weight excluding hydrogens is 178 g/mol. The summed E-state index contributed by atoms with van der Waals surface area (Å²) in [6, 6.07) is 5.46. The van der Waals surface area contributed by atoms with Crippen molar-refractivity contribution in [2.75, 3.05) is 17.2 Å². The average Bonchev–Trinajstić information content (AvgIpc) is 2.69. The molecule has 0 fully saturated rings. The Kier molecular flexibility index (Phi) is 3.37. The largest absolute Gasteiger partial charge is 0.397 e. The van der Waals surface area contributed by atoms with Gasteiger partial charge in [-0.15, -0.1) is 0 Å². The van der Waals surface area contributed by atoms with E-state index in [9.17, 15) is 0 Å². The smallest absolute Gasteiger partial charge is 0.146 e. The highest BCUT2D eigenvalue weighted by Gasteiger charge is 1.92. The van der Waals surface area contributed by atoms with Crippen molar-refractivity contribution in [1.82, 2.24) is 9.97 Å². The quantitative estimate of drug-likeness (QED) is 0.495. The number of pyridine rings is 1. The van der Waals surface area contributed by atoms with Crippen LogP contribution in [0, 0.1) is 0 Å². The highest BCUT2D eigenvalue weighted by atomic mass is 14.9. The minimum atomic E-state index is 0.323. The Morgan fingerprint density at radius 2 is 1.71 bits per heavy atom. The van der Waals surface area contributed by atoms with Gasteiger partial charge in [0.25, 0.3) is 0 Å². The molecule has 74 valence electrons. The summed E-state index contributed by atoms with van der Waals surface area (Å²) in [7, 11) is 0. The molecule has 5 heteroatoms. The van der Waals surface area contributed by atoms with Crippen LogP contribution in [0.1, 0.15) is 0 Å². The Hall–Kier alpha value is -2.17. The Bertz CT molecular complexity index is 351. The molecule has 0 bridgehead atoms. The van der Waals surface area contributed by atoms with Gasteiger partial charge >= 0.3 is 0 Å². The Labute approximate surface area is 81.9 Å². The molecule has 2 rings (SSSR count). The number of nitrogens with one attached hydrogen (secondary N) is 1. The first-order valence-electron chi connectivity index (χ1n) is 4.04. The van der Waals surface area contributed by atoms with Crippen LogP contribution in [-0.2, 0) is 0 Å². The number of aromatic amines is 1. The molecular formula is C9H13N5. The van der Waals surface area contributed by atoms with E-state index in [0.717, 1.165) is 0 Å². The summed E-state index contributed by atoms with van der Waals surface area (Å²) in [6.07, 6.45) is 5.21. The van der Waals surface area contributed by atoms with Crippen molar-refractivity contribution in [3.8, 4) is 0 Å². The first-order valence-corrected chi connectivity index (χ1v) is 4.04. The SMILES string of the molecule is Nc1cnc(N)c(N)c1.c1cc[nH]c1. The Morgan fingerprint density at radius 3 is 2.07 bits per heavy atom. The minimum Gasteiger partial charge on any atom is -0.397 e. The zero-order valence-electron chi connectivity index (χ0n) is 7.64. The maximum atomic E-state index is 5.35. The van der Waals surface area contributed by atoms with Gasteiger partial charge in [0.2, 0.25) is 0 Å². The van der Waals surface area contributed by atoms with Crippen molar-refractivity contribution in [1.29, 1.82) is 0 Å². The first kappa shape index (κ1) is 9.91. The minimum absolute atomic E-state index is 0.323. The fourth-order valence-corrected chi connectivity index (χ4v) is 0.787. The maximum absolute atomic E-state index is 5.35. The molecule has 2 aromatic rings. The van der Waals surface area contributed by atoms with E-state index in [1.165, 1.54) is 6.20 Å². The fraction of sp³-hybridized carbons (Fsp3) is 0. The number of nitrogen functional groups attached to an aromatic ring is 3. The molecule has 0 unspecified atom stereocenters. The van der Waals surface area contributed by atoms with Crippen LogP contribution in [0.4, 0.5) is 17.2 Å². The summed E-state index contributed by atoms with van der Waals surface area (Å²) in [5, 5.41) is 0. The summed E-state index contributed by atoms with van der Waals surface area (Å²) >= 11 is 0. The molecule has 0 amide bonds. The zero-order chi connectivity index (χ0) is 10.4. The molecule has 0 aliphatic rings. The van der Waals surface area contributed by atoms with Gasteiger partial charge in [0, 0.05) is 12.4 Å². The van der Waals surface area contributed by atoms with Crippen molar-refractivity contribution in [3.05, 3.63) is 36.8 Å². The number of nitrogens with two attached hydrogens (primary N) is 3. The monoisotopic (exact) mass is 191 g/mol. The molecule has 14 heavy (non-hydrogen) atoms. The van der Waals surface area contributed by atoms with E-state index >= 15 is 0 Å². The predicted octanol–water partition coefficient (Wildman–Crippen LogP) is 0.843. The van der Waals surface area contributed by atoms with Gasteiger partial charge in [0.1, 0.15) is 5.82 Å². The number of hydrogen-bond donors (Lipinski definition) is 4. The van der Waals surface area contributed by atoms with Crippen LogP contribution in [0.3, 0.4) is 0 Å². The van der Waals surface area contributed by atoms with Crippen LogP contribution >= 0.6 is 0 Å². The molecule has 0 saturated carbocycles. The van der Waals surface area contributed by atoms with Gasteiger partial charge in [0.05, 0.1) is 17.6 Å². The third-order valence-electron chi connectivity index (χ3n) is 1.47. The molecule has 0 spiro atoms. The van der Waals surface area contributed by atoms with Crippen LogP contribution < -0.4 is 17.2 Å². The van der Waals surface area contributed by atoms with Crippen molar-refractivity contribution < 1.29 is 0 Å². The third kappa shape index (κ3) is 3.06. The second-order valence-electron chi connectivity index (χ2n) is 2.63. The average molecular weight is 191 g/mol. The van der Waals surface area contributed by atoms with Crippen molar-refractivity contribution in [2.24, 2.45) is 0 Å². The van der Waals surface area contributed by atoms with Gasteiger partial charge in [-0.25, -0.2) is 4.98 Å². The maximum Gasteiger partial charge on any atom is 0.146 e. The Morgan fingerprint density at radius 1 is 1.07 bits per heavy atom. The van der Waals surface area contributed by atoms with Crippen LogP contribution in [0.2, 0.25) is 0 Å². The zero-order valence-corrected chi connectivity index (χ0v) is 7.64. The van der Waals surface area contributed by atoms with Crippen LogP contribution in [0.5, 0.6) is 0 Å². The van der Waals surface area contributed by atoms with Crippen LogP contribution in [0.25, 0.3) is 0 Å². The van der Waals surface area contributed by atoms with Gasteiger partial charge in [0.15, 0.2) is 0 Å². The number of hydrogen-bond acceptors (Lipinski definition) is 4. The lowest BCUT2D eigenvalue weighted by atomic mass is 10.4. The number of aromatic nitrogens is 2. The first-order chi connectivity index (χ1) is 6.70. The molecule has 2 heterocycles. The summed E-state index contributed by atoms with van der Waals surface area (Å²) in [4.78, 5) is 6.57. The van der Waals surface area contributed by atoms with Crippen LogP contribution in [0.15, 0.2) is 36.8 Å². The van der Waals surface area contributed by atoms with Crippen molar-refractivity contribution in [3.63, 3.8) is 0 Å². The van der Waals surface area contributed by atoms with Gasteiger partial charge in [-0.2, -0.15) is 0 Å². The van der Waals surface area contributed by atoms with E-state index in [-0.39, 0.29) is 0 Å². The lowest BCUT2D eigenvalue weighted by Gasteiger charge is -1.97. The van der Waals surface area contributed by atoms with E-state index in [1.807, 2.05) is 24.5 Å². The topological polar surface area (TPSA) is 107 Å². The van der Waals surface area contributed by atoms with E-state index in [4.69, 9.17) is 17.2 Å². The molecule has 7 N–H and O–H groups in total. The van der Waals surface area contributed by atoms with E-state index in [1.54, 1.807) is 6.07 Å². The van der Waals surface area contributed by atoms with E-state index in [2.05, 4.69) is 9.97 Å². The number of anilines is 3. The molecule has 0 atom stereocenters. The molecule has 0 aliphatic heterocycles. The number of H-pyrrole nitrogens is 1. The second kappa shape index (κ2) is 4.76.